The fraction of sp³-hybridized carbons (Fsp3) is 0.364. The van der Waals surface area contributed by atoms with E-state index in [-0.39, 0.29) is 30.7 Å². The summed E-state index contributed by atoms with van der Waals surface area (Å²) in [5, 5.41) is 14.2. The van der Waals surface area contributed by atoms with Crippen molar-refractivity contribution in [2.24, 2.45) is 0 Å². The second-order valence-corrected chi connectivity index (χ2v) is 7.79. The second-order valence-electron chi connectivity index (χ2n) is 7.79. The van der Waals surface area contributed by atoms with Gasteiger partial charge < -0.3 is 10.0 Å². The molecular formula is C22H23N5O4. The first-order valence-electron chi connectivity index (χ1n) is 10.2. The Bertz CT molecular complexity index is 1170. The Hall–Kier alpha value is -3.62. The van der Waals surface area contributed by atoms with E-state index < -0.39 is 5.97 Å². The summed E-state index contributed by atoms with van der Waals surface area (Å²) in [6.45, 7) is 3.74. The SMILES string of the molecule is CC(=O)c1nn(CC(=O)N2CCC[C@@H]2CC(=O)O)c2ccc(-c3cnc(C)nc3)cc12. The first-order valence-corrected chi connectivity index (χ1v) is 10.2. The molecule has 3 aromatic rings. The van der Waals surface area contributed by atoms with Crippen molar-refractivity contribution in [3.05, 3.63) is 42.1 Å². The molecule has 0 aliphatic carbocycles. The number of hydrogen-bond acceptors (Lipinski definition) is 6. The highest BCUT2D eigenvalue weighted by Crippen LogP contribution is 2.27. The Balaban J connectivity index is 1.67. The smallest absolute Gasteiger partial charge is 0.305 e. The lowest BCUT2D eigenvalue weighted by atomic mass is 10.0. The van der Waals surface area contributed by atoms with Crippen molar-refractivity contribution in [2.45, 2.75) is 45.7 Å². The zero-order valence-corrected chi connectivity index (χ0v) is 17.4. The highest BCUT2D eigenvalue weighted by Gasteiger charge is 2.31. The molecule has 0 radical (unpaired) electrons. The van der Waals surface area contributed by atoms with Crippen molar-refractivity contribution in [1.29, 1.82) is 0 Å². The number of aromatic nitrogens is 4. The summed E-state index contributed by atoms with van der Waals surface area (Å²) in [6, 6.07) is 5.27. The minimum absolute atomic E-state index is 0.0487. The maximum absolute atomic E-state index is 12.9. The highest BCUT2D eigenvalue weighted by atomic mass is 16.4. The molecule has 160 valence electrons. The van der Waals surface area contributed by atoms with Gasteiger partial charge in [0.1, 0.15) is 18.1 Å². The zero-order valence-electron chi connectivity index (χ0n) is 17.4. The fourth-order valence-electron chi connectivity index (χ4n) is 4.08. The largest absolute Gasteiger partial charge is 0.481 e. The number of hydrogen-bond donors (Lipinski definition) is 1. The van der Waals surface area contributed by atoms with E-state index in [4.69, 9.17) is 5.11 Å². The number of likely N-dealkylation sites (tertiary alicyclic amines) is 1. The Morgan fingerprint density at radius 2 is 1.90 bits per heavy atom. The Kier molecular flexibility index (Phi) is 5.50. The second kappa shape index (κ2) is 8.25. The summed E-state index contributed by atoms with van der Waals surface area (Å²) in [5.74, 6) is -0.637. The number of carbonyl (C=O) groups is 3. The van der Waals surface area contributed by atoms with Crippen molar-refractivity contribution in [3.8, 4) is 11.1 Å². The molecule has 0 saturated carbocycles. The number of fused-ring (bicyclic) bond motifs is 1. The fourth-order valence-corrected chi connectivity index (χ4v) is 4.08. The molecule has 1 aliphatic heterocycles. The number of nitrogens with zero attached hydrogens (tertiary/aromatic N) is 5. The van der Waals surface area contributed by atoms with Crippen LogP contribution in [0.25, 0.3) is 22.0 Å². The van der Waals surface area contributed by atoms with E-state index in [1.807, 2.05) is 25.1 Å². The number of aliphatic carboxylic acids is 1. The molecule has 1 amide bonds. The van der Waals surface area contributed by atoms with Crippen LogP contribution in [-0.4, -0.2) is 60.0 Å². The van der Waals surface area contributed by atoms with E-state index in [2.05, 4.69) is 15.1 Å². The minimum Gasteiger partial charge on any atom is -0.481 e. The van der Waals surface area contributed by atoms with Gasteiger partial charge in [0.15, 0.2) is 5.78 Å². The van der Waals surface area contributed by atoms with Gasteiger partial charge in [0, 0.05) is 42.9 Å². The first-order chi connectivity index (χ1) is 14.8. The van der Waals surface area contributed by atoms with Crippen molar-refractivity contribution in [1.82, 2.24) is 24.6 Å². The third kappa shape index (κ3) is 4.16. The molecule has 0 spiro atoms. The molecule has 4 rings (SSSR count). The topological polar surface area (TPSA) is 118 Å². The van der Waals surface area contributed by atoms with Gasteiger partial charge in [-0.3, -0.25) is 19.1 Å². The average molecular weight is 421 g/mol. The third-order valence-electron chi connectivity index (χ3n) is 5.59. The predicted octanol–water partition coefficient (Wildman–Crippen LogP) is 2.47. The monoisotopic (exact) mass is 421 g/mol. The molecule has 1 fully saturated rings. The van der Waals surface area contributed by atoms with E-state index in [1.165, 1.54) is 11.6 Å². The normalized spacial score (nSPS) is 16.1. The van der Waals surface area contributed by atoms with Crippen LogP contribution in [0.5, 0.6) is 0 Å². The van der Waals surface area contributed by atoms with Crippen molar-refractivity contribution in [2.75, 3.05) is 6.54 Å². The molecule has 1 aromatic carbocycles. The maximum Gasteiger partial charge on any atom is 0.305 e. The van der Waals surface area contributed by atoms with Crippen LogP contribution in [0.2, 0.25) is 0 Å². The van der Waals surface area contributed by atoms with Crippen LogP contribution in [0.15, 0.2) is 30.6 Å². The third-order valence-corrected chi connectivity index (χ3v) is 5.59. The van der Waals surface area contributed by atoms with Crippen LogP contribution in [0.1, 0.15) is 42.5 Å². The van der Waals surface area contributed by atoms with Crippen LogP contribution < -0.4 is 0 Å². The molecule has 0 unspecified atom stereocenters. The predicted molar refractivity (Wildman–Crippen MR) is 112 cm³/mol. The van der Waals surface area contributed by atoms with Crippen LogP contribution in [-0.2, 0) is 16.1 Å². The van der Waals surface area contributed by atoms with E-state index in [1.54, 1.807) is 17.3 Å². The number of benzene rings is 1. The lowest BCUT2D eigenvalue weighted by Gasteiger charge is -2.23. The number of carboxylic acid groups (broad SMARTS) is 1. The molecule has 1 saturated heterocycles. The number of carboxylic acids is 1. The molecule has 3 heterocycles. The van der Waals surface area contributed by atoms with Crippen LogP contribution >= 0.6 is 0 Å². The molecule has 1 aliphatic rings. The number of ketones is 1. The van der Waals surface area contributed by atoms with Gasteiger partial charge in [-0.1, -0.05) is 6.07 Å². The number of carbonyl (C=O) groups excluding carboxylic acids is 2. The van der Waals surface area contributed by atoms with E-state index in [9.17, 15) is 14.4 Å². The Labute approximate surface area is 178 Å². The molecule has 1 N–H and O–H groups in total. The number of Topliss-reactive ketones (excluding diaryl/α,β-unsaturated/α-hetero) is 1. The summed E-state index contributed by atoms with van der Waals surface area (Å²) in [5.41, 5.74) is 2.63. The highest BCUT2D eigenvalue weighted by molar-refractivity contribution is 6.06. The van der Waals surface area contributed by atoms with Crippen molar-refractivity contribution >= 4 is 28.6 Å². The Morgan fingerprint density at radius 1 is 1.16 bits per heavy atom. The summed E-state index contributed by atoms with van der Waals surface area (Å²) in [7, 11) is 0. The van der Waals surface area contributed by atoms with Gasteiger partial charge in [0.05, 0.1) is 11.9 Å². The molecule has 31 heavy (non-hydrogen) atoms. The van der Waals surface area contributed by atoms with Gasteiger partial charge in [-0.15, -0.1) is 0 Å². The molecule has 2 aromatic heterocycles. The van der Waals surface area contributed by atoms with Gasteiger partial charge in [-0.2, -0.15) is 5.10 Å². The molecule has 9 heteroatoms. The van der Waals surface area contributed by atoms with Crippen molar-refractivity contribution in [3.63, 3.8) is 0 Å². The minimum atomic E-state index is -0.916. The summed E-state index contributed by atoms with van der Waals surface area (Å²) < 4.78 is 1.53. The zero-order chi connectivity index (χ0) is 22.1. The molecular weight excluding hydrogens is 398 g/mol. The summed E-state index contributed by atoms with van der Waals surface area (Å²) in [4.78, 5) is 46.3. The number of amides is 1. The quantitative estimate of drug-likeness (QED) is 0.607. The number of aryl methyl sites for hydroxylation is 1. The van der Waals surface area contributed by atoms with Crippen LogP contribution in [0.4, 0.5) is 0 Å². The van der Waals surface area contributed by atoms with E-state index >= 15 is 0 Å². The standard InChI is InChI=1S/C22H23N5O4/c1-13(28)22-18-8-15(16-10-23-14(2)24-11-16)5-6-19(18)27(25-22)12-20(29)26-7-3-4-17(26)9-21(30)31/h5-6,8,10-11,17H,3-4,7,9,12H2,1-2H3,(H,30,31)/t17-/m1/s1. The number of rotatable bonds is 6. The van der Waals surface area contributed by atoms with Gasteiger partial charge in [0.25, 0.3) is 0 Å². The van der Waals surface area contributed by atoms with Gasteiger partial charge in [-0.05, 0) is 37.5 Å². The lowest BCUT2D eigenvalue weighted by Crippen LogP contribution is -2.39. The van der Waals surface area contributed by atoms with Crippen molar-refractivity contribution < 1.29 is 19.5 Å². The summed E-state index contributed by atoms with van der Waals surface area (Å²) >= 11 is 0. The lowest BCUT2D eigenvalue weighted by molar-refractivity contribution is -0.140. The van der Waals surface area contributed by atoms with Gasteiger partial charge in [0.2, 0.25) is 5.91 Å². The molecule has 0 bridgehead atoms. The average Bonchev–Trinajstić information content (AvgIpc) is 3.32. The van der Waals surface area contributed by atoms with E-state index in [0.29, 0.717) is 35.4 Å². The van der Waals surface area contributed by atoms with Gasteiger partial charge >= 0.3 is 5.97 Å². The van der Waals surface area contributed by atoms with Crippen LogP contribution in [0, 0.1) is 6.92 Å². The summed E-state index contributed by atoms with van der Waals surface area (Å²) in [6.07, 6.45) is 4.84. The maximum atomic E-state index is 12.9. The van der Waals surface area contributed by atoms with Crippen LogP contribution in [0.3, 0.4) is 0 Å². The Morgan fingerprint density at radius 3 is 2.58 bits per heavy atom. The first kappa shape index (κ1) is 20.6. The molecule has 9 nitrogen and oxygen atoms in total. The molecule has 1 atom stereocenters. The van der Waals surface area contributed by atoms with E-state index in [0.717, 1.165) is 17.5 Å². The van der Waals surface area contributed by atoms with Gasteiger partial charge in [-0.25, -0.2) is 9.97 Å².